The Kier molecular flexibility index (Phi) is 8.24. The van der Waals surface area contributed by atoms with E-state index >= 15 is 0 Å². The molecule has 0 N–H and O–H groups in total. The van der Waals surface area contributed by atoms with Crippen LogP contribution in [0.2, 0.25) is 10.0 Å². The number of morpholine rings is 1. The molecule has 3 aromatic carbocycles. The molecule has 37 heavy (non-hydrogen) atoms. The van der Waals surface area contributed by atoms with Crippen molar-refractivity contribution in [3.05, 3.63) is 103 Å². The maximum absolute atomic E-state index is 14.5. The minimum atomic E-state index is -0.890. The molecule has 1 fully saturated rings. The van der Waals surface area contributed by atoms with Crippen molar-refractivity contribution in [1.82, 2.24) is 4.90 Å². The summed E-state index contributed by atoms with van der Waals surface area (Å²) < 4.78 is 5.49. The first-order valence-electron chi connectivity index (χ1n) is 11.6. The Balaban J connectivity index is 1.87. The van der Waals surface area contributed by atoms with E-state index in [1.54, 1.807) is 18.2 Å². The SMILES string of the molecule is Cc1cccc(C)c1N(C(=O)c1ccc(Cl)cc1Cl)C(=O)C(c1ccc([N+](=O)[O-])cc1)N1CCOCC1. The third kappa shape index (κ3) is 5.67. The summed E-state index contributed by atoms with van der Waals surface area (Å²) in [5.74, 6) is -1.09. The van der Waals surface area contributed by atoms with Crippen LogP contribution in [0.25, 0.3) is 0 Å². The van der Waals surface area contributed by atoms with Gasteiger partial charge < -0.3 is 4.74 Å². The number of benzene rings is 3. The lowest BCUT2D eigenvalue weighted by molar-refractivity contribution is -0.384. The number of nitro benzene ring substituents is 1. The van der Waals surface area contributed by atoms with Crippen LogP contribution in [0, 0.1) is 24.0 Å². The number of aryl methyl sites for hydroxylation is 2. The van der Waals surface area contributed by atoms with E-state index in [1.165, 1.54) is 29.2 Å². The summed E-state index contributed by atoms with van der Waals surface area (Å²) >= 11 is 12.5. The Labute approximate surface area is 224 Å². The number of halogens is 2. The van der Waals surface area contributed by atoms with Crippen LogP contribution < -0.4 is 4.90 Å². The van der Waals surface area contributed by atoms with Crippen LogP contribution in [0.15, 0.2) is 60.7 Å². The molecule has 3 aromatic rings. The molecule has 8 nitrogen and oxygen atoms in total. The lowest BCUT2D eigenvalue weighted by atomic mass is 9.99. The number of non-ortho nitro benzene ring substituents is 1. The molecule has 0 saturated carbocycles. The predicted molar refractivity (Wildman–Crippen MR) is 142 cm³/mol. The van der Waals surface area contributed by atoms with Gasteiger partial charge in [-0.05, 0) is 48.7 Å². The van der Waals surface area contributed by atoms with E-state index in [0.29, 0.717) is 42.6 Å². The number of imide groups is 1. The highest BCUT2D eigenvalue weighted by Crippen LogP contribution is 2.34. The van der Waals surface area contributed by atoms with Crippen molar-refractivity contribution in [3.63, 3.8) is 0 Å². The number of para-hydroxylation sites is 1. The van der Waals surface area contributed by atoms with Crippen LogP contribution in [-0.2, 0) is 9.53 Å². The van der Waals surface area contributed by atoms with Crippen LogP contribution in [0.1, 0.15) is 33.1 Å². The van der Waals surface area contributed by atoms with Crippen LogP contribution in [0.3, 0.4) is 0 Å². The number of nitrogens with zero attached hydrogens (tertiary/aromatic N) is 3. The van der Waals surface area contributed by atoms with Gasteiger partial charge in [0.25, 0.3) is 17.5 Å². The van der Waals surface area contributed by atoms with Crippen molar-refractivity contribution in [2.45, 2.75) is 19.9 Å². The van der Waals surface area contributed by atoms with Gasteiger partial charge in [0.2, 0.25) is 0 Å². The first kappa shape index (κ1) is 26.8. The standard InChI is InChI=1S/C27H25Cl2N3O5/c1-17-4-3-5-18(2)24(17)31(26(33)22-11-8-20(28)16-23(22)29)27(34)25(30-12-14-37-15-13-30)19-6-9-21(10-7-19)32(35)36/h3-11,16,25H,12-15H2,1-2H3. The third-order valence-electron chi connectivity index (χ3n) is 6.31. The zero-order valence-electron chi connectivity index (χ0n) is 20.3. The number of ether oxygens (including phenoxy) is 1. The molecule has 1 atom stereocenters. The molecular weight excluding hydrogens is 517 g/mol. The topological polar surface area (TPSA) is 93.0 Å². The van der Waals surface area contributed by atoms with Crippen molar-refractivity contribution in [1.29, 1.82) is 0 Å². The fourth-order valence-corrected chi connectivity index (χ4v) is 4.99. The first-order chi connectivity index (χ1) is 17.7. The lowest BCUT2D eigenvalue weighted by Crippen LogP contribution is -2.49. The Hall–Kier alpha value is -3.30. The van der Waals surface area contributed by atoms with Crippen molar-refractivity contribution in [3.8, 4) is 0 Å². The number of amides is 2. The smallest absolute Gasteiger partial charge is 0.269 e. The highest BCUT2D eigenvalue weighted by molar-refractivity contribution is 6.38. The van der Waals surface area contributed by atoms with Gasteiger partial charge in [-0.3, -0.25) is 24.6 Å². The number of rotatable bonds is 6. The van der Waals surface area contributed by atoms with Crippen molar-refractivity contribution in [2.24, 2.45) is 0 Å². The molecule has 0 aromatic heterocycles. The zero-order valence-corrected chi connectivity index (χ0v) is 21.8. The Morgan fingerprint density at radius 2 is 1.62 bits per heavy atom. The Bertz CT molecular complexity index is 1320. The lowest BCUT2D eigenvalue weighted by Gasteiger charge is -2.37. The van der Waals surface area contributed by atoms with Gasteiger partial charge in [0.05, 0.1) is 34.4 Å². The van der Waals surface area contributed by atoms with E-state index in [0.717, 1.165) is 11.1 Å². The fraction of sp³-hybridized carbons (Fsp3) is 0.259. The average molecular weight is 542 g/mol. The molecule has 1 saturated heterocycles. The molecule has 0 radical (unpaired) electrons. The fourth-order valence-electron chi connectivity index (χ4n) is 4.50. The zero-order chi connectivity index (χ0) is 26.7. The number of hydrogen-bond donors (Lipinski definition) is 0. The largest absolute Gasteiger partial charge is 0.379 e. The quantitative estimate of drug-likeness (QED) is 0.290. The van der Waals surface area contributed by atoms with Gasteiger partial charge >= 0.3 is 0 Å². The summed E-state index contributed by atoms with van der Waals surface area (Å²) in [4.78, 5) is 42.3. The molecule has 1 aliphatic heterocycles. The summed E-state index contributed by atoms with van der Waals surface area (Å²) in [6.45, 7) is 5.38. The second kappa shape index (κ2) is 11.4. The van der Waals surface area contributed by atoms with E-state index in [2.05, 4.69) is 0 Å². The van der Waals surface area contributed by atoms with Gasteiger partial charge in [-0.15, -0.1) is 0 Å². The Morgan fingerprint density at radius 1 is 1.00 bits per heavy atom. The van der Waals surface area contributed by atoms with Crippen molar-refractivity contribution in [2.75, 3.05) is 31.2 Å². The number of anilines is 1. The van der Waals surface area contributed by atoms with Crippen molar-refractivity contribution >= 4 is 46.4 Å². The number of carbonyl (C=O) groups excluding carboxylic acids is 2. The second-order valence-corrected chi connectivity index (χ2v) is 9.59. The van der Waals surface area contributed by atoms with E-state index in [1.807, 2.05) is 36.9 Å². The molecular formula is C27H25Cl2N3O5. The molecule has 1 aliphatic rings. The molecule has 1 unspecified atom stereocenters. The summed E-state index contributed by atoms with van der Waals surface area (Å²) in [5.41, 5.74) is 2.50. The van der Waals surface area contributed by atoms with Crippen LogP contribution in [0.4, 0.5) is 11.4 Å². The molecule has 0 spiro atoms. The van der Waals surface area contributed by atoms with Crippen LogP contribution in [-0.4, -0.2) is 47.9 Å². The summed E-state index contributed by atoms with van der Waals surface area (Å²) in [7, 11) is 0. The van der Waals surface area contributed by atoms with E-state index in [-0.39, 0.29) is 16.3 Å². The summed E-state index contributed by atoms with van der Waals surface area (Å²) in [5, 5.41) is 11.7. The molecule has 2 amide bonds. The van der Waals surface area contributed by atoms with Gasteiger partial charge in [0.15, 0.2) is 0 Å². The number of nitro groups is 1. The molecule has 1 heterocycles. The second-order valence-electron chi connectivity index (χ2n) is 8.74. The highest BCUT2D eigenvalue weighted by Gasteiger charge is 2.38. The monoisotopic (exact) mass is 541 g/mol. The highest BCUT2D eigenvalue weighted by atomic mass is 35.5. The summed E-state index contributed by atoms with van der Waals surface area (Å²) in [6, 6.07) is 14.9. The third-order valence-corrected chi connectivity index (χ3v) is 6.86. The maximum atomic E-state index is 14.5. The van der Waals surface area contributed by atoms with Gasteiger partial charge in [-0.1, -0.05) is 53.5 Å². The normalized spacial score (nSPS) is 14.7. The maximum Gasteiger partial charge on any atom is 0.269 e. The molecule has 192 valence electrons. The minimum absolute atomic E-state index is 0.0902. The molecule has 10 heteroatoms. The van der Waals surface area contributed by atoms with E-state index in [4.69, 9.17) is 27.9 Å². The summed E-state index contributed by atoms with van der Waals surface area (Å²) in [6.07, 6.45) is 0. The molecule has 0 bridgehead atoms. The van der Waals surface area contributed by atoms with Gasteiger partial charge in [0, 0.05) is 30.2 Å². The van der Waals surface area contributed by atoms with Gasteiger partial charge in [0.1, 0.15) is 6.04 Å². The van der Waals surface area contributed by atoms with Crippen molar-refractivity contribution < 1.29 is 19.2 Å². The van der Waals surface area contributed by atoms with Crippen LogP contribution in [0.5, 0.6) is 0 Å². The molecule has 0 aliphatic carbocycles. The molecule has 4 rings (SSSR count). The minimum Gasteiger partial charge on any atom is -0.379 e. The average Bonchev–Trinajstić information content (AvgIpc) is 2.87. The Morgan fingerprint density at radius 3 is 2.19 bits per heavy atom. The van der Waals surface area contributed by atoms with E-state index in [9.17, 15) is 19.7 Å². The predicted octanol–water partition coefficient (Wildman–Crippen LogP) is 5.77. The van der Waals surface area contributed by atoms with Gasteiger partial charge in [-0.2, -0.15) is 0 Å². The first-order valence-corrected chi connectivity index (χ1v) is 12.4. The number of hydrogen-bond acceptors (Lipinski definition) is 6. The van der Waals surface area contributed by atoms with Crippen LogP contribution >= 0.6 is 23.2 Å². The number of carbonyl (C=O) groups is 2. The van der Waals surface area contributed by atoms with Gasteiger partial charge in [-0.25, -0.2) is 4.90 Å². The van der Waals surface area contributed by atoms with E-state index < -0.39 is 22.8 Å².